The van der Waals surface area contributed by atoms with Crippen molar-refractivity contribution >= 4 is 17.5 Å². The molecule has 5 rings (SSSR count). The minimum absolute atomic E-state index is 0.205. The van der Waals surface area contributed by atoms with E-state index >= 15 is 0 Å². The fourth-order valence-electron chi connectivity index (χ4n) is 3.97. The summed E-state index contributed by atoms with van der Waals surface area (Å²) < 4.78 is 24.7. The fraction of sp³-hybridized carbons (Fsp3) is 0.318. The molecule has 0 atom stereocenters. The van der Waals surface area contributed by atoms with Crippen molar-refractivity contribution in [1.29, 1.82) is 0 Å². The van der Waals surface area contributed by atoms with Crippen molar-refractivity contribution in [2.75, 3.05) is 49.8 Å². The van der Waals surface area contributed by atoms with E-state index in [0.29, 0.717) is 19.2 Å². The number of benzene rings is 1. The molecule has 4 heterocycles. The van der Waals surface area contributed by atoms with Gasteiger partial charge < -0.3 is 19.3 Å². The van der Waals surface area contributed by atoms with Crippen molar-refractivity contribution < 1.29 is 13.9 Å². The lowest BCUT2D eigenvalue weighted by Crippen LogP contribution is -2.37. The number of fused-ring (bicyclic) bond motifs is 1. The predicted molar refractivity (Wildman–Crippen MR) is 112 cm³/mol. The van der Waals surface area contributed by atoms with Crippen LogP contribution in [0.1, 0.15) is 5.56 Å². The summed E-state index contributed by atoms with van der Waals surface area (Å²) in [6, 6.07) is 8.83. The maximum absolute atomic E-state index is 14.0. The third kappa shape index (κ3) is 3.33. The second-order valence-electron chi connectivity index (χ2n) is 7.23. The van der Waals surface area contributed by atoms with Gasteiger partial charge in [-0.25, -0.2) is 9.37 Å². The highest BCUT2D eigenvalue weighted by Crippen LogP contribution is 2.40. The number of hydrogen-bond donors (Lipinski definition) is 0. The van der Waals surface area contributed by atoms with Crippen LogP contribution in [0.4, 0.5) is 21.8 Å². The van der Waals surface area contributed by atoms with E-state index in [2.05, 4.69) is 14.8 Å². The third-order valence-electron chi connectivity index (χ3n) is 5.51. The number of morpholine rings is 1. The third-order valence-corrected chi connectivity index (χ3v) is 5.51. The molecule has 0 aliphatic carbocycles. The van der Waals surface area contributed by atoms with Crippen LogP contribution in [0.3, 0.4) is 0 Å². The Hall–Kier alpha value is -3.26. The second-order valence-corrected chi connectivity index (χ2v) is 7.23. The van der Waals surface area contributed by atoms with Crippen LogP contribution in [-0.2, 0) is 11.2 Å². The van der Waals surface area contributed by atoms with E-state index in [4.69, 9.17) is 19.4 Å². The van der Waals surface area contributed by atoms with Gasteiger partial charge in [-0.2, -0.15) is 4.98 Å². The summed E-state index contributed by atoms with van der Waals surface area (Å²) >= 11 is 0. The largest absolute Gasteiger partial charge is 0.494 e. The second kappa shape index (κ2) is 7.87. The molecule has 2 aromatic heterocycles. The van der Waals surface area contributed by atoms with E-state index < -0.39 is 5.82 Å². The van der Waals surface area contributed by atoms with Crippen molar-refractivity contribution in [3.8, 4) is 17.0 Å². The van der Waals surface area contributed by atoms with Crippen molar-refractivity contribution in [2.45, 2.75) is 6.42 Å². The quantitative estimate of drug-likeness (QED) is 0.658. The molecule has 0 amide bonds. The molecule has 1 aromatic carbocycles. The first-order valence-corrected chi connectivity index (χ1v) is 9.99. The lowest BCUT2D eigenvalue weighted by atomic mass is 10.0. The van der Waals surface area contributed by atoms with Crippen molar-refractivity contribution in [3.05, 3.63) is 54.1 Å². The molecule has 3 aromatic rings. The topological polar surface area (TPSA) is 63.6 Å². The highest BCUT2D eigenvalue weighted by molar-refractivity contribution is 5.77. The van der Waals surface area contributed by atoms with Gasteiger partial charge in [-0.3, -0.25) is 4.98 Å². The van der Waals surface area contributed by atoms with Gasteiger partial charge in [0.2, 0.25) is 5.95 Å². The van der Waals surface area contributed by atoms with Crippen LogP contribution in [0.25, 0.3) is 11.3 Å². The molecule has 7 nitrogen and oxygen atoms in total. The van der Waals surface area contributed by atoms with E-state index in [1.807, 2.05) is 12.1 Å². The minimum Gasteiger partial charge on any atom is -0.494 e. The van der Waals surface area contributed by atoms with Gasteiger partial charge in [0.1, 0.15) is 5.82 Å². The van der Waals surface area contributed by atoms with E-state index in [-0.39, 0.29) is 5.75 Å². The molecule has 1 fully saturated rings. The van der Waals surface area contributed by atoms with Gasteiger partial charge in [0.25, 0.3) is 0 Å². The SMILES string of the molecule is COc1cc(-c2nc(N3CCOCC3)nc3c2CCN3c2ccncc2)ccc1F. The Morgan fingerprint density at radius 2 is 1.83 bits per heavy atom. The average Bonchev–Trinajstić information content (AvgIpc) is 3.24. The average molecular weight is 407 g/mol. The Morgan fingerprint density at radius 3 is 2.60 bits per heavy atom. The summed E-state index contributed by atoms with van der Waals surface area (Å²) in [7, 11) is 1.47. The van der Waals surface area contributed by atoms with Gasteiger partial charge >= 0.3 is 0 Å². The monoisotopic (exact) mass is 407 g/mol. The zero-order valence-electron chi connectivity index (χ0n) is 16.7. The van der Waals surface area contributed by atoms with Gasteiger partial charge in [-0.1, -0.05) is 0 Å². The normalized spacial score (nSPS) is 15.9. The number of hydrogen-bond acceptors (Lipinski definition) is 7. The summed E-state index contributed by atoms with van der Waals surface area (Å²) in [5.74, 6) is 1.36. The van der Waals surface area contributed by atoms with Gasteiger partial charge in [0.05, 0.1) is 26.0 Å². The molecule has 0 radical (unpaired) electrons. The van der Waals surface area contributed by atoms with Gasteiger partial charge in [-0.15, -0.1) is 0 Å². The van der Waals surface area contributed by atoms with E-state index in [1.54, 1.807) is 24.5 Å². The number of aromatic nitrogens is 3. The van der Waals surface area contributed by atoms with Crippen LogP contribution in [0.2, 0.25) is 0 Å². The summed E-state index contributed by atoms with van der Waals surface area (Å²) in [5, 5.41) is 0. The Labute approximate surface area is 174 Å². The van der Waals surface area contributed by atoms with Crippen LogP contribution >= 0.6 is 0 Å². The van der Waals surface area contributed by atoms with Crippen molar-refractivity contribution in [3.63, 3.8) is 0 Å². The molecule has 8 heteroatoms. The van der Waals surface area contributed by atoms with Gasteiger partial charge in [-0.05, 0) is 36.8 Å². The first-order valence-electron chi connectivity index (χ1n) is 9.99. The lowest BCUT2D eigenvalue weighted by Gasteiger charge is -2.28. The number of anilines is 3. The molecule has 1 saturated heterocycles. The van der Waals surface area contributed by atoms with Crippen LogP contribution < -0.4 is 14.5 Å². The van der Waals surface area contributed by atoms with E-state index in [1.165, 1.54) is 13.2 Å². The lowest BCUT2D eigenvalue weighted by molar-refractivity contribution is 0.122. The number of rotatable bonds is 4. The summed E-state index contributed by atoms with van der Waals surface area (Å²) in [6.07, 6.45) is 4.36. The Morgan fingerprint density at radius 1 is 1.03 bits per heavy atom. The van der Waals surface area contributed by atoms with Crippen LogP contribution in [0.15, 0.2) is 42.7 Å². The number of halogens is 1. The Balaban J connectivity index is 1.66. The van der Waals surface area contributed by atoms with E-state index in [9.17, 15) is 4.39 Å². The number of ether oxygens (including phenoxy) is 2. The number of methoxy groups -OCH3 is 1. The molecule has 0 bridgehead atoms. The Bertz CT molecular complexity index is 1060. The summed E-state index contributed by atoms with van der Waals surface area (Å²) in [4.78, 5) is 18.3. The first-order chi connectivity index (χ1) is 14.7. The molecule has 0 spiro atoms. The van der Waals surface area contributed by atoms with Gasteiger partial charge in [0, 0.05) is 48.8 Å². The predicted octanol–water partition coefficient (Wildman–Crippen LogP) is 3.22. The van der Waals surface area contributed by atoms with Crippen LogP contribution in [-0.4, -0.2) is 54.9 Å². The molecule has 0 N–H and O–H groups in total. The fourth-order valence-corrected chi connectivity index (χ4v) is 3.97. The molecular formula is C22H22FN5O2. The molecule has 0 unspecified atom stereocenters. The number of pyridine rings is 1. The standard InChI is InChI=1S/C22H22FN5O2/c1-29-19-14-15(2-3-18(19)23)20-17-6-9-28(16-4-7-24-8-5-16)21(17)26-22(25-20)27-10-12-30-13-11-27/h2-5,7-8,14H,6,9-13H2,1H3. The summed E-state index contributed by atoms with van der Waals surface area (Å²) in [6.45, 7) is 3.56. The van der Waals surface area contributed by atoms with Crippen LogP contribution in [0, 0.1) is 5.82 Å². The van der Waals surface area contributed by atoms with E-state index in [0.717, 1.165) is 54.4 Å². The smallest absolute Gasteiger partial charge is 0.228 e. The first kappa shape index (κ1) is 18.7. The van der Waals surface area contributed by atoms with Crippen LogP contribution in [0.5, 0.6) is 5.75 Å². The molecule has 2 aliphatic rings. The van der Waals surface area contributed by atoms with Crippen molar-refractivity contribution in [1.82, 2.24) is 15.0 Å². The zero-order valence-corrected chi connectivity index (χ0v) is 16.7. The number of nitrogens with zero attached hydrogens (tertiary/aromatic N) is 5. The zero-order chi connectivity index (χ0) is 20.5. The molecular weight excluding hydrogens is 385 g/mol. The highest BCUT2D eigenvalue weighted by atomic mass is 19.1. The minimum atomic E-state index is -0.390. The van der Waals surface area contributed by atoms with Crippen molar-refractivity contribution in [2.24, 2.45) is 0 Å². The molecule has 0 saturated carbocycles. The maximum Gasteiger partial charge on any atom is 0.228 e. The Kier molecular flexibility index (Phi) is 4.92. The highest BCUT2D eigenvalue weighted by Gasteiger charge is 2.29. The van der Waals surface area contributed by atoms with Gasteiger partial charge in [0.15, 0.2) is 11.6 Å². The maximum atomic E-state index is 14.0. The molecule has 154 valence electrons. The molecule has 2 aliphatic heterocycles. The summed E-state index contributed by atoms with van der Waals surface area (Å²) in [5.41, 5.74) is 3.73. The molecule has 30 heavy (non-hydrogen) atoms.